The lowest BCUT2D eigenvalue weighted by molar-refractivity contribution is 0.317. The quantitative estimate of drug-likeness (QED) is 0.772. The van der Waals surface area contributed by atoms with Crippen LogP contribution in [0.1, 0.15) is 29.8 Å². The van der Waals surface area contributed by atoms with E-state index in [2.05, 4.69) is 52.5 Å². The minimum Gasteiger partial charge on any atom is -0.504 e. The molecule has 0 fully saturated rings. The fourth-order valence-electron chi connectivity index (χ4n) is 3.33. The Morgan fingerprint density at radius 1 is 1.17 bits per heavy atom. The highest BCUT2D eigenvalue weighted by atomic mass is 16.5. The van der Waals surface area contributed by atoms with Crippen molar-refractivity contribution in [1.82, 2.24) is 9.88 Å². The lowest BCUT2D eigenvalue weighted by Gasteiger charge is -2.19. The molecule has 0 saturated heterocycles. The predicted octanol–water partition coefficient (Wildman–Crippen LogP) is 3.77. The van der Waals surface area contributed by atoms with Crippen molar-refractivity contribution in [2.75, 3.05) is 6.61 Å². The van der Waals surface area contributed by atoms with E-state index in [1.165, 1.54) is 16.9 Å². The molecule has 2 heterocycles. The van der Waals surface area contributed by atoms with Crippen molar-refractivity contribution in [2.24, 2.45) is 0 Å². The van der Waals surface area contributed by atoms with E-state index in [4.69, 9.17) is 4.74 Å². The summed E-state index contributed by atoms with van der Waals surface area (Å²) in [6.07, 6.45) is 2.10. The second-order valence-corrected chi connectivity index (χ2v) is 5.91. The first-order valence-electron chi connectivity index (χ1n) is 8.22. The molecule has 2 aromatic carbocycles. The average Bonchev–Trinajstić information content (AvgIpc) is 3.02. The van der Waals surface area contributed by atoms with Gasteiger partial charge >= 0.3 is 0 Å². The summed E-state index contributed by atoms with van der Waals surface area (Å²) in [7, 11) is 0. The number of nitrogens with zero attached hydrogens (tertiary/aromatic N) is 1. The third-order valence-electron chi connectivity index (χ3n) is 4.44. The van der Waals surface area contributed by atoms with Crippen molar-refractivity contribution in [2.45, 2.75) is 19.5 Å². The lowest BCUT2D eigenvalue weighted by Crippen LogP contribution is -2.21. The number of phenols is 1. The summed E-state index contributed by atoms with van der Waals surface area (Å²) in [5.41, 5.74) is 4.72. The Morgan fingerprint density at radius 3 is 2.92 bits per heavy atom. The van der Waals surface area contributed by atoms with E-state index < -0.39 is 0 Å². The zero-order valence-electron chi connectivity index (χ0n) is 13.6. The summed E-state index contributed by atoms with van der Waals surface area (Å²) in [6, 6.07) is 18.2. The summed E-state index contributed by atoms with van der Waals surface area (Å²) in [6.45, 7) is 3.22. The lowest BCUT2D eigenvalue weighted by atomic mass is 10.0. The molecule has 1 aliphatic heterocycles. The minimum absolute atomic E-state index is 0.0345. The second kappa shape index (κ2) is 6.06. The Kier molecular flexibility index (Phi) is 3.75. The van der Waals surface area contributed by atoms with Crippen LogP contribution in [0.15, 0.2) is 60.8 Å². The van der Waals surface area contributed by atoms with E-state index in [9.17, 15) is 5.11 Å². The number of ether oxygens (including phenoxy) is 1. The van der Waals surface area contributed by atoms with E-state index >= 15 is 0 Å². The largest absolute Gasteiger partial charge is 0.504 e. The molecule has 4 rings (SSSR count). The van der Waals surface area contributed by atoms with Crippen LogP contribution < -0.4 is 10.1 Å². The van der Waals surface area contributed by atoms with E-state index in [1.54, 1.807) is 6.07 Å². The number of aromatic nitrogens is 1. The minimum atomic E-state index is 0.0345. The van der Waals surface area contributed by atoms with Gasteiger partial charge < -0.3 is 19.7 Å². The van der Waals surface area contributed by atoms with Gasteiger partial charge in [-0.05, 0) is 48.4 Å². The molecule has 4 heteroatoms. The van der Waals surface area contributed by atoms with Crippen molar-refractivity contribution in [3.63, 3.8) is 0 Å². The molecule has 0 radical (unpaired) electrons. The van der Waals surface area contributed by atoms with E-state index in [-0.39, 0.29) is 11.8 Å². The van der Waals surface area contributed by atoms with Crippen LogP contribution in [-0.2, 0) is 6.54 Å². The van der Waals surface area contributed by atoms with Crippen LogP contribution in [0.5, 0.6) is 11.5 Å². The third kappa shape index (κ3) is 2.45. The number of hydrogen-bond acceptors (Lipinski definition) is 3. The number of aromatic hydroxyl groups is 1. The molecule has 0 bridgehead atoms. The average molecular weight is 320 g/mol. The summed E-state index contributed by atoms with van der Waals surface area (Å²) in [4.78, 5) is 0. The Bertz CT molecular complexity index is 870. The van der Waals surface area contributed by atoms with Gasteiger partial charge in [0.2, 0.25) is 0 Å². The van der Waals surface area contributed by atoms with Gasteiger partial charge in [-0.25, -0.2) is 0 Å². The van der Waals surface area contributed by atoms with Gasteiger partial charge in [0.05, 0.1) is 12.6 Å². The second-order valence-electron chi connectivity index (χ2n) is 5.91. The number of para-hydroxylation sites is 1. The number of rotatable bonds is 3. The molecule has 122 valence electrons. The monoisotopic (exact) mass is 320 g/mol. The van der Waals surface area contributed by atoms with Gasteiger partial charge in [-0.1, -0.05) is 24.3 Å². The Hall–Kier alpha value is -2.72. The maximum Gasteiger partial charge on any atom is 0.161 e. The van der Waals surface area contributed by atoms with E-state index in [0.717, 1.165) is 12.1 Å². The molecule has 4 nitrogen and oxygen atoms in total. The van der Waals surface area contributed by atoms with Crippen LogP contribution in [0.4, 0.5) is 0 Å². The smallest absolute Gasteiger partial charge is 0.161 e. The van der Waals surface area contributed by atoms with Crippen LogP contribution >= 0.6 is 0 Å². The molecule has 0 amide bonds. The van der Waals surface area contributed by atoms with Gasteiger partial charge in [-0.2, -0.15) is 0 Å². The zero-order chi connectivity index (χ0) is 16.5. The molecule has 3 aromatic rings. The van der Waals surface area contributed by atoms with Crippen molar-refractivity contribution in [3.05, 3.63) is 77.6 Å². The number of hydrogen-bond donors (Lipinski definition) is 2. The Balaban J connectivity index is 1.80. The van der Waals surface area contributed by atoms with Gasteiger partial charge in [0.1, 0.15) is 0 Å². The van der Waals surface area contributed by atoms with E-state index in [1.807, 2.05) is 19.1 Å². The van der Waals surface area contributed by atoms with Gasteiger partial charge in [0.25, 0.3) is 0 Å². The first kappa shape index (κ1) is 14.8. The maximum absolute atomic E-state index is 9.97. The number of nitrogens with one attached hydrogen (secondary N) is 1. The molecular formula is C20H20N2O2. The van der Waals surface area contributed by atoms with E-state index in [0.29, 0.717) is 12.4 Å². The summed E-state index contributed by atoms with van der Waals surface area (Å²) < 4.78 is 7.78. The van der Waals surface area contributed by atoms with Gasteiger partial charge in [-0.3, -0.25) is 0 Å². The molecular weight excluding hydrogens is 300 g/mol. The van der Waals surface area contributed by atoms with Crippen LogP contribution in [0, 0.1) is 0 Å². The van der Waals surface area contributed by atoms with Crippen LogP contribution in [0.3, 0.4) is 0 Å². The number of phenolic OH excluding ortho intramolecular Hbond substituents is 1. The molecule has 0 aliphatic carbocycles. The molecule has 24 heavy (non-hydrogen) atoms. The highest BCUT2D eigenvalue weighted by Crippen LogP contribution is 2.34. The highest BCUT2D eigenvalue weighted by Gasteiger charge is 2.23. The molecule has 1 aliphatic rings. The van der Waals surface area contributed by atoms with Crippen molar-refractivity contribution in [3.8, 4) is 17.2 Å². The first-order valence-corrected chi connectivity index (χ1v) is 8.22. The molecule has 2 N–H and O–H groups in total. The molecule has 0 unspecified atom stereocenters. The SMILES string of the molecule is CCOc1cc([C@H]2NCc3ccccc3-n3cccc32)ccc1O. The Morgan fingerprint density at radius 2 is 2.04 bits per heavy atom. The van der Waals surface area contributed by atoms with Crippen molar-refractivity contribution >= 4 is 0 Å². The number of benzene rings is 2. The summed E-state index contributed by atoms with van der Waals surface area (Å²) in [5.74, 6) is 0.699. The molecule has 0 spiro atoms. The van der Waals surface area contributed by atoms with Gasteiger partial charge in [-0.15, -0.1) is 0 Å². The third-order valence-corrected chi connectivity index (χ3v) is 4.44. The normalized spacial score (nSPS) is 16.1. The zero-order valence-corrected chi connectivity index (χ0v) is 13.6. The van der Waals surface area contributed by atoms with Gasteiger partial charge in [0, 0.05) is 24.1 Å². The van der Waals surface area contributed by atoms with Crippen molar-refractivity contribution in [1.29, 1.82) is 0 Å². The van der Waals surface area contributed by atoms with Crippen LogP contribution in [-0.4, -0.2) is 16.3 Å². The summed E-state index contributed by atoms with van der Waals surface area (Å²) in [5, 5.41) is 13.6. The maximum atomic E-state index is 9.97. The first-order chi connectivity index (χ1) is 11.8. The molecule has 0 saturated carbocycles. The fraction of sp³-hybridized carbons (Fsp3) is 0.200. The number of fused-ring (bicyclic) bond motifs is 3. The van der Waals surface area contributed by atoms with Crippen molar-refractivity contribution < 1.29 is 9.84 Å². The Labute approximate surface area is 141 Å². The van der Waals surface area contributed by atoms with Crippen LogP contribution in [0.2, 0.25) is 0 Å². The predicted molar refractivity (Wildman–Crippen MR) is 93.7 cm³/mol. The topological polar surface area (TPSA) is 46.4 Å². The highest BCUT2D eigenvalue weighted by molar-refractivity contribution is 5.49. The summed E-state index contributed by atoms with van der Waals surface area (Å²) >= 11 is 0. The standard InChI is InChI=1S/C20H20N2O2/c1-2-24-19-12-14(9-10-18(19)23)20-17-8-5-11-22(17)16-7-4-3-6-15(16)13-21-20/h3-12,20-21,23H,2,13H2,1H3/t20-/m1/s1. The molecule has 1 atom stereocenters. The molecule has 1 aromatic heterocycles. The van der Waals surface area contributed by atoms with Gasteiger partial charge in [0.15, 0.2) is 11.5 Å². The fourth-order valence-corrected chi connectivity index (χ4v) is 3.33. The van der Waals surface area contributed by atoms with Crippen LogP contribution in [0.25, 0.3) is 5.69 Å².